The van der Waals surface area contributed by atoms with Crippen LogP contribution >= 0.6 is 0 Å². The monoisotopic (exact) mass is 390 g/mol. The summed E-state index contributed by atoms with van der Waals surface area (Å²) < 4.78 is 16.4. The van der Waals surface area contributed by atoms with E-state index in [1.165, 1.54) is 13.2 Å². The van der Waals surface area contributed by atoms with Crippen LogP contribution in [-0.2, 0) is 6.42 Å². The Labute approximate surface area is 167 Å². The quantitative estimate of drug-likeness (QED) is 0.646. The first kappa shape index (κ1) is 18.6. The van der Waals surface area contributed by atoms with Gasteiger partial charge in [0, 0.05) is 23.1 Å². The van der Waals surface area contributed by atoms with E-state index in [0.717, 1.165) is 5.56 Å². The number of carboxylic acids is 1. The highest BCUT2D eigenvalue weighted by Gasteiger charge is 2.27. The van der Waals surface area contributed by atoms with Crippen molar-refractivity contribution in [3.63, 3.8) is 0 Å². The van der Waals surface area contributed by atoms with Gasteiger partial charge in [-0.15, -0.1) is 0 Å². The van der Waals surface area contributed by atoms with Gasteiger partial charge in [0.1, 0.15) is 11.5 Å². The number of ether oxygens (including phenoxy) is 2. The van der Waals surface area contributed by atoms with E-state index in [4.69, 9.17) is 13.9 Å². The Hall–Kier alpha value is -3.80. The zero-order valence-electron chi connectivity index (χ0n) is 15.9. The predicted octanol–water partition coefficient (Wildman–Crippen LogP) is 4.48. The van der Waals surface area contributed by atoms with Crippen molar-refractivity contribution in [2.75, 3.05) is 14.2 Å². The van der Waals surface area contributed by atoms with Crippen molar-refractivity contribution in [3.8, 4) is 22.8 Å². The summed E-state index contributed by atoms with van der Waals surface area (Å²) in [6.07, 6.45) is 2.14. The van der Waals surface area contributed by atoms with Gasteiger partial charge >= 0.3 is 5.97 Å². The molecule has 0 spiro atoms. The minimum Gasteiger partial charge on any atom is -0.493 e. The summed E-state index contributed by atoms with van der Waals surface area (Å²) >= 11 is 0. The van der Waals surface area contributed by atoms with E-state index in [-0.39, 0.29) is 11.3 Å². The van der Waals surface area contributed by atoms with Crippen LogP contribution in [0.1, 0.15) is 32.0 Å². The smallest absolute Gasteiger partial charge is 0.336 e. The van der Waals surface area contributed by atoms with E-state index in [9.17, 15) is 14.7 Å². The summed E-state index contributed by atoms with van der Waals surface area (Å²) in [7, 11) is 3.08. The van der Waals surface area contributed by atoms with Crippen molar-refractivity contribution in [1.82, 2.24) is 0 Å². The van der Waals surface area contributed by atoms with Crippen LogP contribution in [0.3, 0.4) is 0 Å². The molecule has 1 N–H and O–H groups in total. The number of rotatable bonds is 5. The van der Waals surface area contributed by atoms with Gasteiger partial charge in [-0.3, -0.25) is 4.79 Å². The van der Waals surface area contributed by atoms with E-state index >= 15 is 0 Å². The van der Waals surface area contributed by atoms with Gasteiger partial charge in [-0.25, -0.2) is 4.79 Å². The average molecular weight is 390 g/mol. The number of furan rings is 1. The number of carbonyl (C=O) groups is 2. The molecule has 1 aliphatic rings. The first-order valence-corrected chi connectivity index (χ1v) is 8.94. The minimum atomic E-state index is -1.03. The molecule has 1 heterocycles. The number of aromatic carboxylic acids is 1. The second kappa shape index (κ2) is 7.31. The number of carboxylic acid groups (broad SMARTS) is 1. The second-order valence-electron chi connectivity index (χ2n) is 6.59. The summed E-state index contributed by atoms with van der Waals surface area (Å²) in [5.74, 6) is 0.875. The average Bonchev–Trinajstić information content (AvgIpc) is 3.32. The van der Waals surface area contributed by atoms with Gasteiger partial charge in [0.15, 0.2) is 17.3 Å². The highest BCUT2D eigenvalue weighted by molar-refractivity contribution is 6.15. The first-order valence-electron chi connectivity index (χ1n) is 8.94. The topological polar surface area (TPSA) is 86.0 Å². The Bertz CT molecular complexity index is 1150. The molecule has 0 saturated heterocycles. The number of hydrogen-bond acceptors (Lipinski definition) is 5. The molecular formula is C23H18O6. The molecule has 6 heteroatoms. The summed E-state index contributed by atoms with van der Waals surface area (Å²) in [5, 5.41) is 9.37. The third-order valence-electron chi connectivity index (χ3n) is 4.89. The molecule has 1 aromatic heterocycles. The lowest BCUT2D eigenvalue weighted by atomic mass is 10.1. The van der Waals surface area contributed by atoms with Crippen LogP contribution in [0.4, 0.5) is 0 Å². The number of methoxy groups -OCH3 is 2. The molecule has 0 bridgehead atoms. The number of carbonyl (C=O) groups excluding carboxylic acids is 1. The normalized spacial score (nSPS) is 14.1. The number of fused-ring (bicyclic) bond motifs is 1. The summed E-state index contributed by atoms with van der Waals surface area (Å²) in [5.41, 5.74) is 2.67. The molecule has 0 aliphatic heterocycles. The Morgan fingerprint density at radius 2 is 1.76 bits per heavy atom. The number of hydrogen-bond donors (Lipinski definition) is 1. The SMILES string of the molecule is COc1cc2c(cc1OC)C(=O)C(=Cc1ccc(-c3ccccc3C(=O)O)o1)C2. The zero-order valence-corrected chi connectivity index (χ0v) is 15.9. The second-order valence-corrected chi connectivity index (χ2v) is 6.59. The molecule has 0 atom stereocenters. The summed E-state index contributed by atoms with van der Waals surface area (Å²) in [4.78, 5) is 24.2. The molecule has 0 amide bonds. The van der Waals surface area contributed by atoms with Crippen LogP contribution in [0.5, 0.6) is 11.5 Å². The Balaban J connectivity index is 1.67. The molecule has 0 saturated carbocycles. The van der Waals surface area contributed by atoms with Crippen LogP contribution < -0.4 is 9.47 Å². The summed E-state index contributed by atoms with van der Waals surface area (Å²) in [6, 6.07) is 13.5. The Kier molecular flexibility index (Phi) is 4.68. The molecule has 29 heavy (non-hydrogen) atoms. The van der Waals surface area contributed by atoms with E-state index in [1.54, 1.807) is 49.6 Å². The van der Waals surface area contributed by atoms with Gasteiger partial charge in [-0.2, -0.15) is 0 Å². The molecule has 0 unspecified atom stereocenters. The van der Waals surface area contributed by atoms with Crippen molar-refractivity contribution in [3.05, 3.63) is 76.6 Å². The van der Waals surface area contributed by atoms with Crippen molar-refractivity contribution >= 4 is 17.8 Å². The Morgan fingerprint density at radius 1 is 1.03 bits per heavy atom. The maximum absolute atomic E-state index is 12.8. The summed E-state index contributed by atoms with van der Waals surface area (Å²) in [6.45, 7) is 0. The molecule has 2 aromatic carbocycles. The minimum absolute atomic E-state index is 0.0927. The molecule has 3 aromatic rings. The van der Waals surface area contributed by atoms with Crippen molar-refractivity contribution < 1.29 is 28.6 Å². The van der Waals surface area contributed by atoms with Gasteiger partial charge in [0.25, 0.3) is 0 Å². The molecule has 6 nitrogen and oxygen atoms in total. The lowest BCUT2D eigenvalue weighted by Crippen LogP contribution is -1.98. The maximum atomic E-state index is 12.8. The van der Waals surface area contributed by atoms with Gasteiger partial charge in [-0.1, -0.05) is 18.2 Å². The lowest BCUT2D eigenvalue weighted by Gasteiger charge is -2.08. The largest absolute Gasteiger partial charge is 0.493 e. The fraction of sp³-hybridized carbons (Fsp3) is 0.130. The van der Waals surface area contributed by atoms with Crippen LogP contribution in [0.2, 0.25) is 0 Å². The third kappa shape index (κ3) is 3.29. The zero-order chi connectivity index (χ0) is 20.5. The third-order valence-corrected chi connectivity index (χ3v) is 4.89. The van der Waals surface area contributed by atoms with Crippen LogP contribution in [0, 0.1) is 0 Å². The van der Waals surface area contributed by atoms with E-state index < -0.39 is 5.97 Å². The van der Waals surface area contributed by atoms with Crippen LogP contribution in [-0.4, -0.2) is 31.1 Å². The van der Waals surface area contributed by atoms with E-state index in [2.05, 4.69) is 0 Å². The maximum Gasteiger partial charge on any atom is 0.336 e. The predicted molar refractivity (Wildman–Crippen MR) is 107 cm³/mol. The van der Waals surface area contributed by atoms with Crippen LogP contribution in [0.25, 0.3) is 17.4 Å². The number of allylic oxidation sites excluding steroid dienone is 1. The van der Waals surface area contributed by atoms with E-state index in [1.807, 2.05) is 6.07 Å². The molecular weight excluding hydrogens is 372 g/mol. The molecule has 0 fully saturated rings. The van der Waals surface area contributed by atoms with Gasteiger partial charge in [-0.05, 0) is 42.0 Å². The lowest BCUT2D eigenvalue weighted by molar-refractivity contribution is 0.0697. The number of benzene rings is 2. The van der Waals surface area contributed by atoms with Gasteiger partial charge in [0.05, 0.1) is 19.8 Å². The highest BCUT2D eigenvalue weighted by atomic mass is 16.5. The van der Waals surface area contributed by atoms with E-state index in [0.29, 0.717) is 46.1 Å². The fourth-order valence-electron chi connectivity index (χ4n) is 3.49. The van der Waals surface area contributed by atoms with Crippen LogP contribution in [0.15, 0.2) is 58.5 Å². The molecule has 146 valence electrons. The molecule has 4 rings (SSSR count). The first-order chi connectivity index (χ1) is 14.0. The highest BCUT2D eigenvalue weighted by Crippen LogP contribution is 2.37. The standard InChI is InChI=1S/C23H18O6/c1-27-20-11-13-9-14(22(24)18(13)12-21(20)28-2)10-15-7-8-19(29-15)16-5-3-4-6-17(16)23(25)26/h3-8,10-12H,9H2,1-2H3,(H,25,26). The van der Waals surface area contributed by atoms with Gasteiger partial charge in [0.2, 0.25) is 0 Å². The van der Waals surface area contributed by atoms with Crippen molar-refractivity contribution in [2.24, 2.45) is 0 Å². The Morgan fingerprint density at radius 3 is 2.48 bits per heavy atom. The van der Waals surface area contributed by atoms with Crippen molar-refractivity contribution in [1.29, 1.82) is 0 Å². The number of ketones is 1. The number of Topliss-reactive ketones (excluding diaryl/α,β-unsaturated/α-hetero) is 1. The molecule has 0 radical (unpaired) electrons. The van der Waals surface area contributed by atoms with Crippen molar-refractivity contribution in [2.45, 2.75) is 6.42 Å². The fourth-order valence-corrected chi connectivity index (χ4v) is 3.49. The van der Waals surface area contributed by atoms with Gasteiger partial charge < -0.3 is 19.0 Å². The molecule has 1 aliphatic carbocycles.